The SMILES string of the molecule is COC1C(CN2O[C@@H](CO)C(C(C)O)[C@H]2C(=O)N[C@H]2C[C@H]3C[C@@H]([C@@H]2C)C3(C)C)CCCC1C1CC(C(=O)N2CCN(CC3CCCCC3)C[C@@H]2CC2CCCCC2)CC(N(C)C)C1. The van der Waals surface area contributed by atoms with Gasteiger partial charge in [0.1, 0.15) is 12.1 Å². The molecule has 0 radical (unpaired) electrons. The van der Waals surface area contributed by atoms with Gasteiger partial charge in [0.2, 0.25) is 11.8 Å². The first-order valence-corrected chi connectivity index (χ1v) is 26.5. The fourth-order valence-electron chi connectivity index (χ4n) is 15.8. The van der Waals surface area contributed by atoms with Gasteiger partial charge in [0, 0.05) is 75.7 Å². The van der Waals surface area contributed by atoms with E-state index in [0.29, 0.717) is 59.5 Å². The van der Waals surface area contributed by atoms with Crippen LogP contribution < -0.4 is 5.32 Å². The van der Waals surface area contributed by atoms with Gasteiger partial charge in [-0.25, -0.2) is 0 Å². The van der Waals surface area contributed by atoms with Crippen LogP contribution in [-0.2, 0) is 19.2 Å². The molecule has 7 aliphatic carbocycles. The number of aliphatic hydroxyl groups excluding tert-OH is 2. The Bertz CT molecular complexity index is 1500. The van der Waals surface area contributed by atoms with Gasteiger partial charge < -0.3 is 30.1 Å². The van der Waals surface area contributed by atoms with Gasteiger partial charge in [-0.3, -0.25) is 19.3 Å². The van der Waals surface area contributed by atoms with Crippen LogP contribution in [0.5, 0.6) is 0 Å². The maximum Gasteiger partial charge on any atom is 0.240 e. The van der Waals surface area contributed by atoms with Crippen LogP contribution in [-0.4, -0.2) is 145 Å². The number of nitrogens with zero attached hydrogens (tertiary/aromatic N) is 4. The fourth-order valence-corrected chi connectivity index (χ4v) is 15.8. The van der Waals surface area contributed by atoms with Crippen molar-refractivity contribution in [3.8, 4) is 0 Å². The first-order valence-electron chi connectivity index (χ1n) is 26.5. The zero-order valence-electron chi connectivity index (χ0n) is 40.8. The molecule has 9 fully saturated rings. The van der Waals surface area contributed by atoms with Crippen LogP contribution in [0.2, 0.25) is 0 Å². The minimum atomic E-state index is -0.821. The number of rotatable bonds is 14. The van der Waals surface area contributed by atoms with Crippen molar-refractivity contribution in [1.82, 2.24) is 25.1 Å². The molecule has 11 heteroatoms. The summed E-state index contributed by atoms with van der Waals surface area (Å²) in [4.78, 5) is 43.7. The molecule has 0 spiro atoms. The van der Waals surface area contributed by atoms with Gasteiger partial charge in [-0.15, -0.1) is 0 Å². The smallest absolute Gasteiger partial charge is 0.240 e. The third kappa shape index (κ3) is 10.4. The normalized spacial score (nSPS) is 41.3. The molecule has 2 amide bonds. The Morgan fingerprint density at radius 2 is 1.60 bits per heavy atom. The number of hydrogen-bond donors (Lipinski definition) is 3. The van der Waals surface area contributed by atoms with Crippen molar-refractivity contribution in [3.05, 3.63) is 0 Å². The van der Waals surface area contributed by atoms with Crippen molar-refractivity contribution in [3.63, 3.8) is 0 Å². The molecule has 2 bridgehead atoms. The number of hydroxylamine groups is 2. The predicted octanol–water partition coefficient (Wildman–Crippen LogP) is 6.99. The number of carbonyl (C=O) groups is 2. The summed E-state index contributed by atoms with van der Waals surface area (Å²) in [5.41, 5.74) is 0.318. The number of carbonyl (C=O) groups excluding carboxylic acids is 2. The average molecular weight is 882 g/mol. The van der Waals surface area contributed by atoms with Crippen LogP contribution >= 0.6 is 0 Å². The maximum atomic E-state index is 15.2. The molecule has 0 aromatic heterocycles. The van der Waals surface area contributed by atoms with Crippen LogP contribution in [0.15, 0.2) is 0 Å². The van der Waals surface area contributed by atoms with Gasteiger partial charge in [0.15, 0.2) is 0 Å². The van der Waals surface area contributed by atoms with Crippen molar-refractivity contribution in [2.24, 2.45) is 64.6 Å². The Kier molecular flexibility index (Phi) is 16.0. The average Bonchev–Trinajstić information content (AvgIpc) is 3.66. The maximum absolute atomic E-state index is 15.2. The first-order chi connectivity index (χ1) is 30.3. The number of ether oxygens (including phenoxy) is 1. The van der Waals surface area contributed by atoms with Crippen LogP contribution in [0.3, 0.4) is 0 Å². The molecule has 15 atom stereocenters. The third-order valence-electron chi connectivity index (χ3n) is 19.6. The Hall–Kier alpha value is -1.34. The number of piperazine rings is 1. The highest BCUT2D eigenvalue weighted by molar-refractivity contribution is 5.83. The number of nitrogens with one attached hydrogen (secondary N) is 1. The van der Waals surface area contributed by atoms with E-state index in [4.69, 9.17) is 9.57 Å². The second kappa shape index (κ2) is 20.9. The highest BCUT2D eigenvalue weighted by atomic mass is 16.7. The van der Waals surface area contributed by atoms with Crippen molar-refractivity contribution in [2.45, 2.75) is 192 Å². The van der Waals surface area contributed by atoms with Gasteiger partial charge in [0.25, 0.3) is 0 Å². The van der Waals surface area contributed by atoms with Gasteiger partial charge in [-0.05, 0) is 132 Å². The Balaban J connectivity index is 0.965. The zero-order valence-corrected chi connectivity index (χ0v) is 40.8. The van der Waals surface area contributed by atoms with Crippen LogP contribution in [0.4, 0.5) is 0 Å². The summed E-state index contributed by atoms with van der Waals surface area (Å²) < 4.78 is 6.56. The molecule has 8 unspecified atom stereocenters. The molecule has 2 saturated heterocycles. The summed E-state index contributed by atoms with van der Waals surface area (Å²) in [6, 6.07) is 0.0627. The summed E-state index contributed by atoms with van der Waals surface area (Å²) in [7, 11) is 6.26. The summed E-state index contributed by atoms with van der Waals surface area (Å²) >= 11 is 0. The molecule has 0 aromatic carbocycles. The van der Waals surface area contributed by atoms with E-state index >= 15 is 4.79 Å². The predicted molar refractivity (Wildman–Crippen MR) is 248 cm³/mol. The molecule has 2 heterocycles. The van der Waals surface area contributed by atoms with Gasteiger partial charge in [0.05, 0.1) is 18.8 Å². The molecule has 7 saturated carbocycles. The Labute approximate surface area is 382 Å². The quantitative estimate of drug-likeness (QED) is 0.170. The lowest BCUT2D eigenvalue weighted by Crippen LogP contribution is -2.62. The van der Waals surface area contributed by atoms with Crippen LogP contribution in [0, 0.1) is 64.6 Å². The van der Waals surface area contributed by atoms with Gasteiger partial charge >= 0.3 is 0 Å². The van der Waals surface area contributed by atoms with Crippen molar-refractivity contribution >= 4 is 11.8 Å². The first kappa shape index (κ1) is 48.1. The van der Waals surface area contributed by atoms with E-state index < -0.39 is 24.2 Å². The topological polar surface area (TPSA) is 118 Å². The molecule has 9 rings (SSSR count). The van der Waals surface area contributed by atoms with Gasteiger partial charge in [-0.1, -0.05) is 78.6 Å². The number of amides is 2. The van der Waals surface area contributed by atoms with E-state index in [1.807, 2.05) is 12.2 Å². The van der Waals surface area contributed by atoms with E-state index in [1.165, 1.54) is 83.6 Å². The largest absolute Gasteiger partial charge is 0.394 e. The summed E-state index contributed by atoms with van der Waals surface area (Å²) in [5, 5.41) is 27.0. The Morgan fingerprint density at radius 1 is 0.889 bits per heavy atom. The molecular weight excluding hydrogens is 791 g/mol. The molecule has 3 N–H and O–H groups in total. The fraction of sp³-hybridized carbons (Fsp3) is 0.962. The number of fused-ring (bicyclic) bond motifs is 2. The second-order valence-electron chi connectivity index (χ2n) is 23.8. The van der Waals surface area contributed by atoms with Crippen LogP contribution in [0.1, 0.15) is 150 Å². The van der Waals surface area contributed by atoms with Crippen LogP contribution in [0.25, 0.3) is 0 Å². The molecule has 2 aliphatic heterocycles. The number of methoxy groups -OCH3 is 1. The van der Waals surface area contributed by atoms with Crippen molar-refractivity contribution < 1.29 is 29.4 Å². The lowest BCUT2D eigenvalue weighted by Gasteiger charge is -2.62. The molecule has 11 nitrogen and oxygen atoms in total. The van der Waals surface area contributed by atoms with E-state index in [2.05, 4.69) is 54.9 Å². The summed E-state index contributed by atoms with van der Waals surface area (Å²) in [6.45, 7) is 13.2. The highest BCUT2D eigenvalue weighted by Crippen LogP contribution is 2.61. The molecule has 9 aliphatic rings. The lowest BCUT2D eigenvalue weighted by molar-refractivity contribution is -0.193. The van der Waals surface area contributed by atoms with E-state index in [1.54, 1.807) is 6.92 Å². The van der Waals surface area contributed by atoms with Crippen molar-refractivity contribution in [2.75, 3.05) is 60.5 Å². The minimum Gasteiger partial charge on any atom is -0.394 e. The minimum absolute atomic E-state index is 0.0127. The third-order valence-corrected chi connectivity index (χ3v) is 19.6. The molecule has 63 heavy (non-hydrogen) atoms. The van der Waals surface area contributed by atoms with E-state index in [-0.39, 0.29) is 36.5 Å². The summed E-state index contributed by atoms with van der Waals surface area (Å²) in [5.74, 6) is 3.73. The molecular formula is C52H91N5O6. The second-order valence-corrected chi connectivity index (χ2v) is 23.8. The standard InChI is InChI=1S/C52H91N5O6/c1-33-44-27-40(52(44,3)4)28-45(33)53-50(60)48-47(34(2)59)46(32-58)63-57(48)30-37-19-14-20-43(49(37)62-7)38-24-39(26-41(25-38)54(5)6)51(61)56-22-21-55(29-36-17-12-9-13-18-36)31-42(56)23-35-15-10-8-11-16-35/h33-49,58-59H,8-32H2,1-7H3,(H,53,60)/t33-,34?,37?,38?,39?,40+,41?,42-,43?,44-,45-,46-,47?,48-,49?/m0/s1. The van der Waals surface area contributed by atoms with E-state index in [9.17, 15) is 15.0 Å². The van der Waals surface area contributed by atoms with Gasteiger partial charge in [-0.2, -0.15) is 5.06 Å². The summed E-state index contributed by atoms with van der Waals surface area (Å²) in [6.07, 6.45) is 21.5. The monoisotopic (exact) mass is 882 g/mol. The van der Waals surface area contributed by atoms with Crippen molar-refractivity contribution in [1.29, 1.82) is 0 Å². The highest BCUT2D eigenvalue weighted by Gasteiger charge is 2.58. The number of hydrogen-bond acceptors (Lipinski definition) is 9. The van der Waals surface area contributed by atoms with E-state index in [0.717, 1.165) is 76.4 Å². The molecule has 0 aromatic rings. The lowest BCUT2D eigenvalue weighted by atomic mass is 9.45. The Morgan fingerprint density at radius 3 is 2.24 bits per heavy atom. The number of aliphatic hydroxyl groups is 2. The molecule has 360 valence electrons. The zero-order chi connectivity index (χ0) is 44.6.